The molecule has 0 bridgehead atoms. The number of aromatic nitrogens is 1. The van der Waals surface area contributed by atoms with Crippen molar-refractivity contribution in [3.8, 4) is 11.5 Å². The van der Waals surface area contributed by atoms with E-state index in [2.05, 4.69) is 10.8 Å². The lowest BCUT2D eigenvalue weighted by molar-refractivity contribution is 0.0144. The smallest absolute Gasteiger partial charge is 0.410 e. The maximum absolute atomic E-state index is 13.4. The van der Waals surface area contributed by atoms with Crippen LogP contribution in [0.15, 0.2) is 30.5 Å². The summed E-state index contributed by atoms with van der Waals surface area (Å²) in [6.45, 7) is 10.1. The van der Waals surface area contributed by atoms with Crippen molar-refractivity contribution in [1.82, 2.24) is 14.4 Å². The second-order valence-electron chi connectivity index (χ2n) is 10.5. The molecule has 2 amide bonds. The molecular formula is C27H37N3O5. The van der Waals surface area contributed by atoms with E-state index in [1.165, 1.54) is 0 Å². The molecule has 2 aliphatic rings. The Hall–Kier alpha value is -3.16. The molecule has 0 spiro atoms. The third-order valence-corrected chi connectivity index (χ3v) is 6.85. The van der Waals surface area contributed by atoms with E-state index in [4.69, 9.17) is 14.2 Å². The number of ether oxygens (including phenoxy) is 3. The summed E-state index contributed by atoms with van der Waals surface area (Å²) in [7, 11) is 3.25. The summed E-state index contributed by atoms with van der Waals surface area (Å²) in [6, 6.07) is 7.82. The third-order valence-electron chi connectivity index (χ3n) is 6.85. The van der Waals surface area contributed by atoms with Crippen LogP contribution in [0.4, 0.5) is 4.79 Å². The lowest BCUT2D eigenvalue weighted by Crippen LogP contribution is -2.48. The Kier molecular flexibility index (Phi) is 7.01. The first-order valence-corrected chi connectivity index (χ1v) is 12.3. The van der Waals surface area contributed by atoms with Gasteiger partial charge in [-0.15, -0.1) is 0 Å². The first-order valence-electron chi connectivity index (χ1n) is 12.3. The molecule has 1 unspecified atom stereocenters. The van der Waals surface area contributed by atoms with Crippen molar-refractivity contribution < 1.29 is 23.8 Å². The molecular weight excluding hydrogens is 446 g/mol. The highest BCUT2D eigenvalue weighted by Gasteiger charge is 2.38. The number of carbonyl (C=O) groups is 2. The van der Waals surface area contributed by atoms with Crippen LogP contribution < -0.4 is 9.47 Å². The van der Waals surface area contributed by atoms with E-state index in [1.807, 2.05) is 56.9 Å². The molecule has 0 radical (unpaired) electrons. The first kappa shape index (κ1) is 24.9. The van der Waals surface area contributed by atoms with Crippen LogP contribution in [-0.2, 0) is 11.3 Å². The largest absolute Gasteiger partial charge is 0.497 e. The Bertz CT molecular complexity index is 1080. The molecule has 0 saturated carbocycles. The van der Waals surface area contributed by atoms with Crippen LogP contribution >= 0.6 is 0 Å². The minimum Gasteiger partial charge on any atom is -0.497 e. The fourth-order valence-corrected chi connectivity index (χ4v) is 5.12. The van der Waals surface area contributed by atoms with Gasteiger partial charge >= 0.3 is 6.09 Å². The summed E-state index contributed by atoms with van der Waals surface area (Å²) < 4.78 is 18.6. The summed E-state index contributed by atoms with van der Waals surface area (Å²) in [5.41, 5.74) is 2.24. The molecule has 4 rings (SSSR count). The van der Waals surface area contributed by atoms with Crippen molar-refractivity contribution >= 4 is 12.0 Å². The number of methoxy groups -OCH3 is 2. The fourth-order valence-electron chi connectivity index (χ4n) is 5.12. The molecule has 35 heavy (non-hydrogen) atoms. The average Bonchev–Trinajstić information content (AvgIpc) is 3.22. The molecule has 1 atom stereocenters. The number of hydrogen-bond acceptors (Lipinski definition) is 5. The van der Waals surface area contributed by atoms with Crippen molar-refractivity contribution in [2.75, 3.05) is 33.9 Å². The van der Waals surface area contributed by atoms with Crippen molar-refractivity contribution in [3.63, 3.8) is 0 Å². The van der Waals surface area contributed by atoms with Gasteiger partial charge in [0.25, 0.3) is 5.91 Å². The van der Waals surface area contributed by atoms with E-state index in [-0.39, 0.29) is 18.0 Å². The minimum absolute atomic E-state index is 0.0263. The number of likely N-dealkylation sites (tertiary alicyclic amines) is 1. The summed E-state index contributed by atoms with van der Waals surface area (Å²) in [5.74, 6) is 1.80. The van der Waals surface area contributed by atoms with E-state index in [0.717, 1.165) is 35.4 Å². The van der Waals surface area contributed by atoms with Crippen LogP contribution in [0, 0.1) is 12.8 Å². The molecule has 3 heterocycles. The molecule has 1 fully saturated rings. The van der Waals surface area contributed by atoms with Gasteiger partial charge < -0.3 is 28.6 Å². The van der Waals surface area contributed by atoms with Crippen molar-refractivity contribution in [1.29, 1.82) is 0 Å². The van der Waals surface area contributed by atoms with Crippen LogP contribution in [0.3, 0.4) is 0 Å². The van der Waals surface area contributed by atoms with Gasteiger partial charge in [-0.25, -0.2) is 4.79 Å². The van der Waals surface area contributed by atoms with Gasteiger partial charge in [-0.1, -0.05) is 0 Å². The Balaban J connectivity index is 1.52. The number of amides is 2. The van der Waals surface area contributed by atoms with Gasteiger partial charge in [0.15, 0.2) is 0 Å². The van der Waals surface area contributed by atoms with Gasteiger partial charge in [0.1, 0.15) is 22.8 Å². The first-order chi connectivity index (χ1) is 16.6. The highest BCUT2D eigenvalue weighted by molar-refractivity contribution is 5.94. The van der Waals surface area contributed by atoms with Crippen LogP contribution in [0.2, 0.25) is 0 Å². The second-order valence-corrected chi connectivity index (χ2v) is 10.5. The second kappa shape index (κ2) is 9.84. The SMILES string of the molecule is COc1ccc(CN2CC(C3CCN(C(=O)OC(C)(C)C)CC3)n3cc(C)cc3C2=O)c(OC)c1. The standard InChI is InChI=1S/C27H37N3O5/c1-18-13-22-25(31)29(16-20-7-8-21(33-5)14-24(20)34-6)17-23(30(22)15-18)19-9-11-28(12-10-19)26(32)35-27(2,3)4/h7-8,13-15,19,23H,9-12,16-17H2,1-6H3. The van der Waals surface area contributed by atoms with Crippen LogP contribution in [0.5, 0.6) is 11.5 Å². The summed E-state index contributed by atoms with van der Waals surface area (Å²) >= 11 is 0. The van der Waals surface area contributed by atoms with E-state index >= 15 is 0 Å². The molecule has 190 valence electrons. The molecule has 2 aromatic rings. The lowest BCUT2D eigenvalue weighted by Gasteiger charge is -2.42. The maximum Gasteiger partial charge on any atom is 0.410 e. The highest BCUT2D eigenvalue weighted by Crippen LogP contribution is 2.36. The van der Waals surface area contributed by atoms with Crippen molar-refractivity contribution in [3.05, 3.63) is 47.3 Å². The number of piperidine rings is 1. The van der Waals surface area contributed by atoms with Gasteiger partial charge in [0.2, 0.25) is 0 Å². The average molecular weight is 484 g/mol. The number of nitrogens with zero attached hydrogens (tertiary/aromatic N) is 3. The molecule has 1 aromatic heterocycles. The van der Waals surface area contributed by atoms with Crippen LogP contribution in [0.25, 0.3) is 0 Å². The topological polar surface area (TPSA) is 73.2 Å². The summed E-state index contributed by atoms with van der Waals surface area (Å²) in [4.78, 5) is 29.7. The fraction of sp³-hybridized carbons (Fsp3) is 0.556. The summed E-state index contributed by atoms with van der Waals surface area (Å²) in [6.07, 6.45) is 3.58. The summed E-state index contributed by atoms with van der Waals surface area (Å²) in [5, 5.41) is 0. The monoisotopic (exact) mass is 483 g/mol. The Morgan fingerprint density at radius 3 is 2.43 bits per heavy atom. The predicted octanol–water partition coefficient (Wildman–Crippen LogP) is 4.66. The van der Waals surface area contributed by atoms with E-state index in [0.29, 0.717) is 37.8 Å². The van der Waals surface area contributed by atoms with Gasteiger partial charge in [-0.2, -0.15) is 0 Å². The Morgan fingerprint density at radius 2 is 1.80 bits per heavy atom. The zero-order valence-electron chi connectivity index (χ0n) is 21.7. The van der Waals surface area contributed by atoms with E-state index < -0.39 is 5.60 Å². The van der Waals surface area contributed by atoms with Crippen LogP contribution in [-0.4, -0.2) is 65.8 Å². The van der Waals surface area contributed by atoms with Gasteiger partial charge in [0, 0.05) is 44.0 Å². The number of hydrogen-bond donors (Lipinski definition) is 0. The Morgan fingerprint density at radius 1 is 1.09 bits per heavy atom. The quantitative estimate of drug-likeness (QED) is 0.619. The molecule has 0 aliphatic carbocycles. The highest BCUT2D eigenvalue weighted by atomic mass is 16.6. The molecule has 8 nitrogen and oxygen atoms in total. The molecule has 8 heteroatoms. The lowest BCUT2D eigenvalue weighted by atomic mass is 9.87. The van der Waals surface area contributed by atoms with Crippen molar-refractivity contribution in [2.24, 2.45) is 5.92 Å². The van der Waals surface area contributed by atoms with E-state index in [9.17, 15) is 9.59 Å². The zero-order chi connectivity index (χ0) is 25.3. The zero-order valence-corrected chi connectivity index (χ0v) is 21.7. The molecule has 0 N–H and O–H groups in total. The molecule has 2 aliphatic heterocycles. The number of carbonyl (C=O) groups excluding carboxylic acids is 2. The maximum atomic E-state index is 13.4. The number of fused-ring (bicyclic) bond motifs is 1. The van der Waals surface area contributed by atoms with Gasteiger partial charge in [0.05, 0.1) is 20.3 Å². The van der Waals surface area contributed by atoms with Gasteiger partial charge in [-0.05, 0) is 70.2 Å². The number of rotatable bonds is 5. The third kappa shape index (κ3) is 5.41. The van der Waals surface area contributed by atoms with E-state index in [1.54, 1.807) is 19.1 Å². The van der Waals surface area contributed by atoms with Gasteiger partial charge in [-0.3, -0.25) is 4.79 Å². The van der Waals surface area contributed by atoms with Crippen LogP contribution in [0.1, 0.15) is 61.3 Å². The molecule has 1 aromatic carbocycles. The normalized spacial score (nSPS) is 18.9. The van der Waals surface area contributed by atoms with Crippen molar-refractivity contribution in [2.45, 2.75) is 58.7 Å². The number of benzene rings is 1. The minimum atomic E-state index is -0.502. The predicted molar refractivity (Wildman–Crippen MR) is 133 cm³/mol. The number of aryl methyl sites for hydroxylation is 1. The molecule has 1 saturated heterocycles. The Labute approximate surface area is 207 Å².